The van der Waals surface area contributed by atoms with Crippen LogP contribution in [-0.4, -0.2) is 33.0 Å². The van der Waals surface area contributed by atoms with Crippen LogP contribution in [0.5, 0.6) is 5.75 Å². The molecule has 138 valence electrons. The number of ether oxygens (including phenoxy) is 1. The zero-order valence-corrected chi connectivity index (χ0v) is 14.5. The van der Waals surface area contributed by atoms with Crippen LogP contribution in [0.1, 0.15) is 17.8 Å². The molecule has 0 atom stereocenters. The third kappa shape index (κ3) is 4.16. The predicted octanol–water partition coefficient (Wildman–Crippen LogP) is 3.99. The number of anilines is 1. The SMILES string of the molecule is Cc1cc(Cl)ccc1OCCCNc1ccc2nnc(C(F)(F)F)n2n1. The molecule has 3 aromatic rings. The van der Waals surface area contributed by atoms with Crippen molar-refractivity contribution in [3.8, 4) is 5.75 Å². The Morgan fingerprint density at radius 2 is 2.00 bits per heavy atom. The van der Waals surface area contributed by atoms with Gasteiger partial charge in [-0.25, -0.2) is 0 Å². The van der Waals surface area contributed by atoms with Gasteiger partial charge in [0.1, 0.15) is 11.6 Å². The van der Waals surface area contributed by atoms with Gasteiger partial charge in [0.15, 0.2) is 5.65 Å². The molecule has 0 fully saturated rings. The first-order valence-electron chi connectivity index (χ1n) is 7.77. The van der Waals surface area contributed by atoms with E-state index in [1.165, 1.54) is 6.07 Å². The van der Waals surface area contributed by atoms with Crippen molar-refractivity contribution in [1.29, 1.82) is 0 Å². The molecule has 0 aliphatic carbocycles. The minimum atomic E-state index is -4.62. The molecule has 1 N–H and O–H groups in total. The van der Waals surface area contributed by atoms with Crippen LogP contribution < -0.4 is 10.1 Å². The molecule has 10 heteroatoms. The molecule has 2 aromatic heterocycles. The van der Waals surface area contributed by atoms with E-state index >= 15 is 0 Å². The number of halogens is 4. The number of hydrogen-bond donors (Lipinski definition) is 1. The van der Waals surface area contributed by atoms with Gasteiger partial charge >= 0.3 is 6.18 Å². The summed E-state index contributed by atoms with van der Waals surface area (Å²) in [6.45, 7) is 2.82. The smallest absolute Gasteiger partial charge is 0.453 e. The number of aryl methyl sites for hydroxylation is 1. The molecule has 0 unspecified atom stereocenters. The van der Waals surface area contributed by atoms with Crippen LogP contribution in [0.4, 0.5) is 19.0 Å². The number of fused-ring (bicyclic) bond motifs is 1. The number of hydrogen-bond acceptors (Lipinski definition) is 5. The number of nitrogens with zero attached hydrogens (tertiary/aromatic N) is 4. The summed E-state index contributed by atoms with van der Waals surface area (Å²) in [7, 11) is 0. The normalized spacial score (nSPS) is 11.7. The van der Waals surface area contributed by atoms with Crippen LogP contribution in [0.25, 0.3) is 5.65 Å². The lowest BCUT2D eigenvalue weighted by Crippen LogP contribution is -2.14. The molecule has 2 heterocycles. The van der Waals surface area contributed by atoms with E-state index in [1.807, 2.05) is 13.0 Å². The van der Waals surface area contributed by atoms with Gasteiger partial charge in [0.05, 0.1) is 6.61 Å². The summed E-state index contributed by atoms with van der Waals surface area (Å²) in [5, 5.41) is 14.1. The number of aromatic nitrogens is 4. The van der Waals surface area contributed by atoms with Crippen molar-refractivity contribution >= 4 is 23.1 Å². The Hall–Kier alpha value is -2.55. The molecular weight excluding hydrogens is 371 g/mol. The van der Waals surface area contributed by atoms with E-state index in [0.29, 0.717) is 34.9 Å². The van der Waals surface area contributed by atoms with E-state index in [0.717, 1.165) is 11.3 Å². The Morgan fingerprint density at radius 1 is 1.19 bits per heavy atom. The Bertz CT molecular complexity index is 913. The summed E-state index contributed by atoms with van der Waals surface area (Å²) in [6, 6.07) is 8.33. The predicted molar refractivity (Wildman–Crippen MR) is 90.6 cm³/mol. The maximum atomic E-state index is 12.8. The molecule has 0 saturated carbocycles. The van der Waals surface area contributed by atoms with E-state index in [-0.39, 0.29) is 5.65 Å². The van der Waals surface area contributed by atoms with Gasteiger partial charge in [-0.05, 0) is 49.2 Å². The van der Waals surface area contributed by atoms with E-state index in [9.17, 15) is 13.2 Å². The zero-order chi connectivity index (χ0) is 18.7. The summed E-state index contributed by atoms with van der Waals surface area (Å²) < 4.78 is 44.9. The lowest BCUT2D eigenvalue weighted by molar-refractivity contribution is -0.146. The molecule has 0 aliphatic rings. The second-order valence-electron chi connectivity index (χ2n) is 5.55. The van der Waals surface area contributed by atoms with Crippen LogP contribution >= 0.6 is 11.6 Å². The maximum absolute atomic E-state index is 12.8. The summed E-state index contributed by atoms with van der Waals surface area (Å²) in [6.07, 6.45) is -3.98. The second-order valence-corrected chi connectivity index (χ2v) is 5.98. The van der Waals surface area contributed by atoms with Crippen LogP contribution in [0.3, 0.4) is 0 Å². The molecule has 0 amide bonds. The van der Waals surface area contributed by atoms with Gasteiger partial charge in [-0.3, -0.25) is 0 Å². The Labute approximate surface area is 151 Å². The number of nitrogens with one attached hydrogen (secondary N) is 1. The zero-order valence-electron chi connectivity index (χ0n) is 13.7. The van der Waals surface area contributed by atoms with Crippen molar-refractivity contribution in [2.75, 3.05) is 18.5 Å². The average molecular weight is 386 g/mol. The highest BCUT2D eigenvalue weighted by atomic mass is 35.5. The lowest BCUT2D eigenvalue weighted by Gasteiger charge is -2.10. The molecule has 0 saturated heterocycles. The lowest BCUT2D eigenvalue weighted by atomic mass is 10.2. The summed E-state index contributed by atoms with van der Waals surface area (Å²) in [5.74, 6) is -0.114. The van der Waals surface area contributed by atoms with Crippen molar-refractivity contribution in [2.24, 2.45) is 0 Å². The Kier molecular flexibility index (Phi) is 5.17. The van der Waals surface area contributed by atoms with Gasteiger partial charge in [0, 0.05) is 11.6 Å². The van der Waals surface area contributed by atoms with Crippen molar-refractivity contribution in [3.05, 3.63) is 46.7 Å². The first-order valence-corrected chi connectivity index (χ1v) is 8.15. The van der Waals surface area contributed by atoms with Crippen LogP contribution in [0.2, 0.25) is 5.02 Å². The van der Waals surface area contributed by atoms with E-state index in [2.05, 4.69) is 20.6 Å². The van der Waals surface area contributed by atoms with Crippen molar-refractivity contribution < 1.29 is 17.9 Å². The summed E-state index contributed by atoms with van der Waals surface area (Å²) in [4.78, 5) is 0. The molecule has 0 spiro atoms. The molecule has 6 nitrogen and oxygen atoms in total. The monoisotopic (exact) mass is 385 g/mol. The number of alkyl halides is 3. The first-order chi connectivity index (χ1) is 12.3. The fourth-order valence-corrected chi connectivity index (χ4v) is 2.53. The van der Waals surface area contributed by atoms with Gasteiger partial charge in [-0.1, -0.05) is 11.6 Å². The molecule has 1 aromatic carbocycles. The minimum absolute atomic E-state index is 0.0319. The quantitative estimate of drug-likeness (QED) is 0.650. The van der Waals surface area contributed by atoms with Gasteiger partial charge in [0.2, 0.25) is 0 Å². The summed E-state index contributed by atoms with van der Waals surface area (Å²) >= 11 is 5.89. The standard InChI is InChI=1S/C16H15ClF3N5O/c1-10-9-11(17)3-4-12(10)26-8-2-7-21-13-5-6-14-22-23-15(16(18,19)20)25(14)24-13/h3-6,9H,2,7-8H2,1H3,(H,21,24). The van der Waals surface area contributed by atoms with Crippen molar-refractivity contribution in [2.45, 2.75) is 19.5 Å². The Balaban J connectivity index is 1.55. The van der Waals surface area contributed by atoms with Crippen LogP contribution in [0.15, 0.2) is 30.3 Å². The van der Waals surface area contributed by atoms with Crippen LogP contribution in [0, 0.1) is 6.92 Å². The maximum Gasteiger partial charge on any atom is 0.453 e. The second kappa shape index (κ2) is 7.36. The molecule has 26 heavy (non-hydrogen) atoms. The molecule has 3 rings (SSSR count). The summed E-state index contributed by atoms with van der Waals surface area (Å²) in [5.41, 5.74) is 0.967. The highest BCUT2D eigenvalue weighted by Gasteiger charge is 2.37. The molecule has 0 radical (unpaired) electrons. The minimum Gasteiger partial charge on any atom is -0.493 e. The van der Waals surface area contributed by atoms with Gasteiger partial charge in [-0.15, -0.1) is 15.3 Å². The van der Waals surface area contributed by atoms with Crippen molar-refractivity contribution in [3.63, 3.8) is 0 Å². The largest absolute Gasteiger partial charge is 0.493 e. The van der Waals surface area contributed by atoms with E-state index in [1.54, 1.807) is 18.2 Å². The number of benzene rings is 1. The third-order valence-corrected chi connectivity index (χ3v) is 3.77. The van der Waals surface area contributed by atoms with Crippen molar-refractivity contribution in [1.82, 2.24) is 19.8 Å². The first kappa shape index (κ1) is 18.2. The fraction of sp³-hybridized carbons (Fsp3) is 0.312. The Morgan fingerprint density at radius 3 is 2.73 bits per heavy atom. The molecular formula is C16H15ClF3N5O. The van der Waals surface area contributed by atoms with E-state index in [4.69, 9.17) is 16.3 Å². The fourth-order valence-electron chi connectivity index (χ4n) is 2.31. The highest BCUT2D eigenvalue weighted by molar-refractivity contribution is 6.30. The topological polar surface area (TPSA) is 64.3 Å². The van der Waals surface area contributed by atoms with Gasteiger partial charge in [0.25, 0.3) is 5.82 Å². The van der Waals surface area contributed by atoms with Gasteiger partial charge < -0.3 is 10.1 Å². The average Bonchev–Trinajstić information content (AvgIpc) is 2.99. The third-order valence-electron chi connectivity index (χ3n) is 3.54. The molecule has 0 bridgehead atoms. The molecule has 0 aliphatic heterocycles. The van der Waals surface area contributed by atoms with E-state index < -0.39 is 12.0 Å². The highest BCUT2D eigenvalue weighted by Crippen LogP contribution is 2.27. The van der Waals surface area contributed by atoms with Crippen LogP contribution in [-0.2, 0) is 6.18 Å². The number of rotatable bonds is 6. The van der Waals surface area contributed by atoms with Gasteiger partial charge in [-0.2, -0.15) is 17.7 Å².